The Morgan fingerprint density at radius 3 is 2.59 bits per heavy atom. The quantitative estimate of drug-likeness (QED) is 0.823. The summed E-state index contributed by atoms with van der Waals surface area (Å²) in [6.07, 6.45) is 0.455. The number of anilines is 2. The molecule has 0 bridgehead atoms. The number of para-hydroxylation sites is 1. The molecule has 0 unspecified atom stereocenters. The molecule has 27 heavy (non-hydrogen) atoms. The molecule has 144 valence electrons. The first kappa shape index (κ1) is 19.2. The number of aryl methyl sites for hydroxylation is 1. The van der Waals surface area contributed by atoms with Gasteiger partial charge >= 0.3 is 0 Å². The van der Waals surface area contributed by atoms with Crippen molar-refractivity contribution in [3.05, 3.63) is 54.1 Å². The number of rotatable bonds is 6. The van der Waals surface area contributed by atoms with Crippen LogP contribution in [-0.2, 0) is 14.6 Å². The largest absolute Gasteiger partial charge is 0.495 e. The lowest BCUT2D eigenvalue weighted by Gasteiger charge is -2.29. The van der Waals surface area contributed by atoms with Crippen LogP contribution in [0, 0.1) is 6.92 Å². The average molecular weight is 388 g/mol. The van der Waals surface area contributed by atoms with E-state index in [1.807, 2.05) is 55.5 Å². The minimum Gasteiger partial charge on any atom is -0.495 e. The second-order valence-electron chi connectivity index (χ2n) is 6.71. The van der Waals surface area contributed by atoms with Crippen LogP contribution in [0.4, 0.5) is 11.4 Å². The van der Waals surface area contributed by atoms with Crippen LogP contribution in [0.3, 0.4) is 0 Å². The molecule has 1 aliphatic heterocycles. The lowest BCUT2D eigenvalue weighted by atomic mass is 10.1. The molecule has 6 nitrogen and oxygen atoms in total. The third kappa shape index (κ3) is 4.60. The van der Waals surface area contributed by atoms with Crippen LogP contribution < -0.4 is 15.0 Å². The van der Waals surface area contributed by atoms with E-state index in [0.29, 0.717) is 17.9 Å². The van der Waals surface area contributed by atoms with Gasteiger partial charge in [-0.3, -0.25) is 4.79 Å². The van der Waals surface area contributed by atoms with Crippen molar-refractivity contribution in [1.29, 1.82) is 0 Å². The number of hydrogen-bond donors (Lipinski definition) is 1. The van der Waals surface area contributed by atoms with Crippen LogP contribution in [0.1, 0.15) is 12.0 Å². The molecule has 1 fully saturated rings. The molecule has 0 aliphatic carbocycles. The molecule has 3 rings (SSSR count). The summed E-state index contributed by atoms with van der Waals surface area (Å²) in [4.78, 5) is 14.6. The predicted octanol–water partition coefficient (Wildman–Crippen LogP) is 2.64. The summed E-state index contributed by atoms with van der Waals surface area (Å²) >= 11 is 0. The molecule has 1 atom stereocenters. The lowest BCUT2D eigenvalue weighted by Crippen LogP contribution is -2.44. The van der Waals surface area contributed by atoms with Crippen molar-refractivity contribution in [2.75, 3.05) is 35.4 Å². The highest BCUT2D eigenvalue weighted by Crippen LogP contribution is 2.27. The smallest absolute Gasteiger partial charge is 0.246 e. The number of sulfone groups is 1. The number of nitrogens with zero attached hydrogens (tertiary/aromatic N) is 1. The van der Waals surface area contributed by atoms with Crippen LogP contribution in [-0.4, -0.2) is 45.5 Å². The zero-order chi connectivity index (χ0) is 19.4. The monoisotopic (exact) mass is 388 g/mol. The minimum absolute atomic E-state index is 0.00139. The number of carbonyl (C=O) groups is 1. The molecule has 2 aromatic rings. The predicted molar refractivity (Wildman–Crippen MR) is 107 cm³/mol. The Hall–Kier alpha value is -2.54. The Morgan fingerprint density at radius 1 is 1.22 bits per heavy atom. The lowest BCUT2D eigenvalue weighted by molar-refractivity contribution is -0.117. The normalized spacial score (nSPS) is 18.1. The van der Waals surface area contributed by atoms with Gasteiger partial charge < -0.3 is 15.0 Å². The maximum atomic E-state index is 13.0. The summed E-state index contributed by atoms with van der Waals surface area (Å²) in [6, 6.07) is 14.6. The van der Waals surface area contributed by atoms with Gasteiger partial charge in [-0.15, -0.1) is 0 Å². The van der Waals surface area contributed by atoms with E-state index in [0.717, 1.165) is 11.3 Å². The number of methoxy groups -OCH3 is 1. The summed E-state index contributed by atoms with van der Waals surface area (Å²) in [5, 5.41) is 3.13. The van der Waals surface area contributed by atoms with Gasteiger partial charge in [-0.2, -0.15) is 0 Å². The maximum absolute atomic E-state index is 13.0. The van der Waals surface area contributed by atoms with Crippen LogP contribution in [0.2, 0.25) is 0 Å². The standard InChI is InChI=1S/C20H24N2O4S/c1-15-8-9-19(26-2)18(12-15)21-13-20(23)22(16-6-4-3-5-7-16)17-10-11-27(24,25)14-17/h3-9,12,17,21H,10-11,13-14H2,1-2H3/t17-/m1/s1. The fourth-order valence-electron chi connectivity index (χ4n) is 3.34. The number of nitrogens with one attached hydrogen (secondary N) is 1. The van der Waals surface area contributed by atoms with Crippen LogP contribution in [0.15, 0.2) is 48.5 Å². The van der Waals surface area contributed by atoms with Crippen LogP contribution in [0.25, 0.3) is 0 Å². The third-order valence-corrected chi connectivity index (χ3v) is 6.41. The van der Waals surface area contributed by atoms with Crippen molar-refractivity contribution < 1.29 is 17.9 Å². The first-order valence-corrected chi connectivity index (χ1v) is 10.7. The maximum Gasteiger partial charge on any atom is 0.246 e. The Bertz CT molecular complexity index is 913. The van der Waals surface area contributed by atoms with E-state index in [9.17, 15) is 13.2 Å². The van der Waals surface area contributed by atoms with Crippen LogP contribution in [0.5, 0.6) is 5.75 Å². The summed E-state index contributed by atoms with van der Waals surface area (Å²) < 4.78 is 29.2. The van der Waals surface area contributed by atoms with Gasteiger partial charge in [0.1, 0.15) is 5.75 Å². The number of amides is 1. The van der Waals surface area contributed by atoms with Gasteiger partial charge in [0.25, 0.3) is 0 Å². The van der Waals surface area contributed by atoms with Crippen molar-refractivity contribution >= 4 is 27.1 Å². The second-order valence-corrected chi connectivity index (χ2v) is 8.94. The van der Waals surface area contributed by atoms with Crippen molar-refractivity contribution in [1.82, 2.24) is 0 Å². The molecule has 7 heteroatoms. The van der Waals surface area contributed by atoms with E-state index in [1.54, 1.807) is 12.0 Å². The highest BCUT2D eigenvalue weighted by atomic mass is 32.2. The molecule has 0 radical (unpaired) electrons. The van der Waals surface area contributed by atoms with Gasteiger partial charge in [0.15, 0.2) is 9.84 Å². The highest BCUT2D eigenvalue weighted by molar-refractivity contribution is 7.91. The zero-order valence-corrected chi connectivity index (χ0v) is 16.3. The molecule has 0 spiro atoms. The fourth-order valence-corrected chi connectivity index (χ4v) is 5.04. The molecule has 1 N–H and O–H groups in total. The van der Waals surface area contributed by atoms with E-state index in [2.05, 4.69) is 5.32 Å². The Labute approximate surface area is 160 Å². The summed E-state index contributed by atoms with van der Waals surface area (Å²) in [5.74, 6) is 0.601. The number of hydrogen-bond acceptors (Lipinski definition) is 5. The van der Waals surface area contributed by atoms with E-state index < -0.39 is 9.84 Å². The Kier molecular flexibility index (Phi) is 5.70. The van der Waals surface area contributed by atoms with E-state index in [1.165, 1.54) is 0 Å². The first-order valence-electron chi connectivity index (χ1n) is 8.85. The molecule has 1 aliphatic rings. The first-order chi connectivity index (χ1) is 12.9. The number of ether oxygens (including phenoxy) is 1. The summed E-state index contributed by atoms with van der Waals surface area (Å²) in [6.45, 7) is 2.01. The Balaban J connectivity index is 1.81. The van der Waals surface area contributed by atoms with Gasteiger partial charge in [0, 0.05) is 5.69 Å². The van der Waals surface area contributed by atoms with Crippen molar-refractivity contribution in [3.63, 3.8) is 0 Å². The molecular weight excluding hydrogens is 364 g/mol. The molecular formula is C20H24N2O4S. The number of carbonyl (C=O) groups excluding carboxylic acids is 1. The van der Waals surface area contributed by atoms with Gasteiger partial charge in [0.05, 0.1) is 36.9 Å². The number of benzene rings is 2. The van der Waals surface area contributed by atoms with Crippen molar-refractivity contribution in [2.24, 2.45) is 0 Å². The van der Waals surface area contributed by atoms with Gasteiger partial charge in [-0.1, -0.05) is 24.3 Å². The molecule has 0 saturated carbocycles. The van der Waals surface area contributed by atoms with E-state index in [-0.39, 0.29) is 30.0 Å². The van der Waals surface area contributed by atoms with E-state index >= 15 is 0 Å². The zero-order valence-electron chi connectivity index (χ0n) is 15.5. The van der Waals surface area contributed by atoms with Gasteiger partial charge in [0.2, 0.25) is 5.91 Å². The fraction of sp³-hybridized carbons (Fsp3) is 0.350. The summed E-state index contributed by atoms with van der Waals surface area (Å²) in [5.41, 5.74) is 2.49. The molecule has 1 saturated heterocycles. The van der Waals surface area contributed by atoms with Crippen molar-refractivity contribution in [3.8, 4) is 5.75 Å². The average Bonchev–Trinajstić information content (AvgIpc) is 3.00. The Morgan fingerprint density at radius 2 is 1.96 bits per heavy atom. The minimum atomic E-state index is -3.10. The second kappa shape index (κ2) is 8.00. The van der Waals surface area contributed by atoms with Gasteiger partial charge in [-0.25, -0.2) is 8.42 Å². The SMILES string of the molecule is COc1ccc(C)cc1NCC(=O)N(c1ccccc1)[C@@H]1CCS(=O)(=O)C1. The molecule has 2 aromatic carbocycles. The third-order valence-electron chi connectivity index (χ3n) is 4.66. The molecule has 0 aromatic heterocycles. The highest BCUT2D eigenvalue weighted by Gasteiger charge is 2.35. The van der Waals surface area contributed by atoms with E-state index in [4.69, 9.17) is 4.74 Å². The molecule has 1 heterocycles. The van der Waals surface area contributed by atoms with Gasteiger partial charge in [-0.05, 0) is 43.2 Å². The topological polar surface area (TPSA) is 75.7 Å². The van der Waals surface area contributed by atoms with Crippen molar-refractivity contribution in [2.45, 2.75) is 19.4 Å². The summed E-state index contributed by atoms with van der Waals surface area (Å²) in [7, 11) is -1.52. The van der Waals surface area contributed by atoms with Crippen LogP contribution >= 0.6 is 0 Å². The molecule has 1 amide bonds.